The van der Waals surface area contributed by atoms with E-state index in [9.17, 15) is 0 Å². The van der Waals surface area contributed by atoms with Crippen molar-refractivity contribution in [3.05, 3.63) is 40.6 Å². The number of nitrogens with zero attached hydrogens (tertiary/aromatic N) is 2. The highest BCUT2D eigenvalue weighted by Gasteiger charge is 2.07. The minimum Gasteiger partial charge on any atom is -0.453 e. The summed E-state index contributed by atoms with van der Waals surface area (Å²) in [5.41, 5.74) is 1.20. The quantitative estimate of drug-likeness (QED) is 0.711. The number of halogens is 2. The van der Waals surface area contributed by atoms with Gasteiger partial charge in [0.25, 0.3) is 0 Å². The molecule has 0 saturated heterocycles. The van der Waals surface area contributed by atoms with Gasteiger partial charge < -0.3 is 4.74 Å². The molecule has 5 heteroatoms. The van der Waals surface area contributed by atoms with Gasteiger partial charge >= 0.3 is 0 Å². The lowest BCUT2D eigenvalue weighted by atomic mass is 10.2. The standard InChI is InChI=1S/C13H14Br2N2O/c1-9(2)17-8-11(7-16-17)18-13-4-3-10(6-14)5-12(13)15/h3-5,7-9H,6H2,1-2H3. The highest BCUT2D eigenvalue weighted by Crippen LogP contribution is 2.31. The summed E-state index contributed by atoms with van der Waals surface area (Å²) in [6.07, 6.45) is 3.63. The summed E-state index contributed by atoms with van der Waals surface area (Å²) in [4.78, 5) is 0. The molecule has 0 fully saturated rings. The monoisotopic (exact) mass is 372 g/mol. The normalized spacial score (nSPS) is 10.9. The lowest BCUT2D eigenvalue weighted by Crippen LogP contribution is -1.99. The fourth-order valence-corrected chi connectivity index (χ4v) is 2.35. The van der Waals surface area contributed by atoms with Crippen LogP contribution in [0, 0.1) is 0 Å². The van der Waals surface area contributed by atoms with Gasteiger partial charge in [-0.2, -0.15) is 5.10 Å². The first kappa shape index (κ1) is 13.6. The summed E-state index contributed by atoms with van der Waals surface area (Å²) in [6, 6.07) is 6.35. The fraction of sp³-hybridized carbons (Fsp3) is 0.308. The molecule has 96 valence electrons. The van der Waals surface area contributed by atoms with Gasteiger partial charge in [0.15, 0.2) is 5.75 Å². The molecule has 0 radical (unpaired) electrons. The zero-order chi connectivity index (χ0) is 13.1. The Bertz CT molecular complexity index is 538. The van der Waals surface area contributed by atoms with Crippen LogP contribution >= 0.6 is 31.9 Å². The molecule has 0 N–H and O–H groups in total. The Hall–Kier alpha value is -0.810. The van der Waals surface area contributed by atoms with Crippen LogP contribution in [-0.2, 0) is 5.33 Å². The van der Waals surface area contributed by atoms with Crippen molar-refractivity contribution in [3.63, 3.8) is 0 Å². The molecule has 1 aromatic carbocycles. The largest absolute Gasteiger partial charge is 0.453 e. The van der Waals surface area contributed by atoms with Crippen molar-refractivity contribution >= 4 is 31.9 Å². The minimum atomic E-state index is 0.335. The SMILES string of the molecule is CC(C)n1cc(Oc2ccc(CBr)cc2Br)cn1. The van der Waals surface area contributed by atoms with E-state index < -0.39 is 0 Å². The molecule has 0 amide bonds. The third-order valence-electron chi connectivity index (χ3n) is 2.49. The molecule has 1 heterocycles. The second-order valence-electron chi connectivity index (χ2n) is 4.25. The van der Waals surface area contributed by atoms with Crippen LogP contribution < -0.4 is 4.74 Å². The Morgan fingerprint density at radius 2 is 2.17 bits per heavy atom. The number of alkyl halides is 1. The lowest BCUT2D eigenvalue weighted by Gasteiger charge is -2.07. The summed E-state index contributed by atoms with van der Waals surface area (Å²) in [7, 11) is 0. The van der Waals surface area contributed by atoms with Crippen LogP contribution in [0.3, 0.4) is 0 Å². The summed E-state index contributed by atoms with van der Waals surface area (Å²) in [5, 5.41) is 5.07. The van der Waals surface area contributed by atoms with Crippen LogP contribution in [-0.4, -0.2) is 9.78 Å². The Morgan fingerprint density at radius 1 is 1.39 bits per heavy atom. The number of rotatable bonds is 4. The van der Waals surface area contributed by atoms with Crippen molar-refractivity contribution in [1.29, 1.82) is 0 Å². The average Bonchev–Trinajstić information content (AvgIpc) is 2.80. The minimum absolute atomic E-state index is 0.335. The third-order valence-corrected chi connectivity index (χ3v) is 3.75. The second-order valence-corrected chi connectivity index (χ2v) is 5.67. The Kier molecular flexibility index (Phi) is 4.45. The molecule has 0 atom stereocenters. The van der Waals surface area contributed by atoms with E-state index in [0.717, 1.165) is 21.3 Å². The lowest BCUT2D eigenvalue weighted by molar-refractivity contribution is 0.474. The summed E-state index contributed by atoms with van der Waals surface area (Å²) in [5.74, 6) is 1.54. The van der Waals surface area contributed by atoms with E-state index in [0.29, 0.717) is 6.04 Å². The van der Waals surface area contributed by atoms with Gasteiger partial charge in [0.05, 0.1) is 16.9 Å². The molecule has 0 unspecified atom stereocenters. The van der Waals surface area contributed by atoms with E-state index in [-0.39, 0.29) is 0 Å². The number of ether oxygens (including phenoxy) is 1. The Labute approximate surface area is 123 Å². The average molecular weight is 374 g/mol. The Balaban J connectivity index is 2.17. The molecule has 0 aliphatic heterocycles. The van der Waals surface area contributed by atoms with Gasteiger partial charge in [0, 0.05) is 11.4 Å². The van der Waals surface area contributed by atoms with Crippen molar-refractivity contribution < 1.29 is 4.74 Å². The zero-order valence-electron chi connectivity index (χ0n) is 10.2. The van der Waals surface area contributed by atoms with Crippen LogP contribution in [0.4, 0.5) is 0 Å². The van der Waals surface area contributed by atoms with Gasteiger partial charge in [-0.25, -0.2) is 0 Å². The van der Waals surface area contributed by atoms with Crippen molar-refractivity contribution in [2.75, 3.05) is 0 Å². The maximum absolute atomic E-state index is 5.79. The van der Waals surface area contributed by atoms with Gasteiger partial charge in [-0.1, -0.05) is 22.0 Å². The van der Waals surface area contributed by atoms with E-state index in [1.54, 1.807) is 6.20 Å². The van der Waals surface area contributed by atoms with Crippen LogP contribution in [0.5, 0.6) is 11.5 Å². The van der Waals surface area contributed by atoms with E-state index in [2.05, 4.69) is 50.8 Å². The smallest absolute Gasteiger partial charge is 0.165 e. The summed E-state index contributed by atoms with van der Waals surface area (Å²) < 4.78 is 8.61. The van der Waals surface area contributed by atoms with Crippen molar-refractivity contribution in [2.45, 2.75) is 25.2 Å². The van der Waals surface area contributed by atoms with Gasteiger partial charge in [-0.05, 0) is 47.5 Å². The first-order valence-corrected chi connectivity index (χ1v) is 7.58. The van der Waals surface area contributed by atoms with Crippen LogP contribution in [0.25, 0.3) is 0 Å². The maximum atomic E-state index is 5.79. The van der Waals surface area contributed by atoms with Gasteiger partial charge in [-0.15, -0.1) is 0 Å². The van der Waals surface area contributed by atoms with E-state index >= 15 is 0 Å². The predicted octanol–water partition coefficient (Wildman–Crippen LogP) is 4.91. The molecule has 2 rings (SSSR count). The van der Waals surface area contributed by atoms with Crippen molar-refractivity contribution in [1.82, 2.24) is 9.78 Å². The van der Waals surface area contributed by atoms with Gasteiger partial charge in [0.1, 0.15) is 5.75 Å². The third kappa shape index (κ3) is 3.14. The number of benzene rings is 1. The second kappa shape index (κ2) is 5.89. The summed E-state index contributed by atoms with van der Waals surface area (Å²) >= 11 is 6.94. The predicted molar refractivity (Wildman–Crippen MR) is 79.5 cm³/mol. The molecule has 2 aromatic rings. The molecule has 0 aliphatic carbocycles. The van der Waals surface area contributed by atoms with Crippen LogP contribution in [0.15, 0.2) is 35.1 Å². The molecule has 0 aliphatic rings. The molecule has 0 spiro atoms. The van der Waals surface area contributed by atoms with E-state index in [1.807, 2.05) is 29.1 Å². The molecule has 0 bridgehead atoms. The van der Waals surface area contributed by atoms with Gasteiger partial charge in [0.2, 0.25) is 0 Å². The molecule has 0 saturated carbocycles. The fourth-order valence-electron chi connectivity index (χ4n) is 1.49. The topological polar surface area (TPSA) is 27.1 Å². The summed E-state index contributed by atoms with van der Waals surface area (Å²) in [6.45, 7) is 4.16. The van der Waals surface area contributed by atoms with Crippen molar-refractivity contribution in [3.8, 4) is 11.5 Å². The molecular formula is C13H14Br2N2O. The van der Waals surface area contributed by atoms with E-state index in [1.165, 1.54) is 5.56 Å². The molecule has 1 aromatic heterocycles. The number of hydrogen-bond donors (Lipinski definition) is 0. The first-order valence-electron chi connectivity index (χ1n) is 5.66. The van der Waals surface area contributed by atoms with Crippen LogP contribution in [0.1, 0.15) is 25.5 Å². The highest BCUT2D eigenvalue weighted by atomic mass is 79.9. The van der Waals surface area contributed by atoms with Crippen LogP contribution in [0.2, 0.25) is 0 Å². The molecule has 18 heavy (non-hydrogen) atoms. The first-order chi connectivity index (χ1) is 8.60. The van der Waals surface area contributed by atoms with Gasteiger partial charge in [-0.3, -0.25) is 4.68 Å². The zero-order valence-corrected chi connectivity index (χ0v) is 13.4. The highest BCUT2D eigenvalue weighted by molar-refractivity contribution is 9.10. The maximum Gasteiger partial charge on any atom is 0.165 e. The molecule has 3 nitrogen and oxygen atoms in total. The Morgan fingerprint density at radius 3 is 2.72 bits per heavy atom. The number of aromatic nitrogens is 2. The molecular weight excluding hydrogens is 360 g/mol. The van der Waals surface area contributed by atoms with Crippen molar-refractivity contribution in [2.24, 2.45) is 0 Å². The van der Waals surface area contributed by atoms with E-state index in [4.69, 9.17) is 4.74 Å². The number of hydrogen-bond acceptors (Lipinski definition) is 2.